The van der Waals surface area contributed by atoms with Crippen molar-refractivity contribution in [3.8, 4) is 0 Å². The Hall–Kier alpha value is -0.910. The van der Waals surface area contributed by atoms with Crippen LogP contribution in [-0.2, 0) is 14.5 Å². The molecule has 0 saturated heterocycles. The zero-order valence-electron chi connectivity index (χ0n) is 6.35. The second-order valence-corrected chi connectivity index (χ2v) is 3.85. The van der Waals surface area contributed by atoms with E-state index >= 15 is 0 Å². The van der Waals surface area contributed by atoms with E-state index in [9.17, 15) is 13.7 Å². The fourth-order valence-corrected chi connectivity index (χ4v) is 1.29. The molecule has 0 spiro atoms. The van der Waals surface area contributed by atoms with Gasteiger partial charge < -0.3 is 9.59 Å². The number of aryl methyl sites for hydroxylation is 1. The summed E-state index contributed by atoms with van der Waals surface area (Å²) in [4.78, 5) is -0.122. The summed E-state index contributed by atoms with van der Waals surface area (Å²) in [6.07, 6.45) is 0. The van der Waals surface area contributed by atoms with E-state index in [0.29, 0.717) is 0 Å². The van der Waals surface area contributed by atoms with Crippen LogP contribution in [0.5, 0.6) is 0 Å². The molecule has 0 heterocycles. The highest BCUT2D eigenvalue weighted by molar-refractivity contribution is 7.86. The van der Waals surface area contributed by atoms with Gasteiger partial charge in [-0.25, -0.2) is 0 Å². The van der Waals surface area contributed by atoms with Gasteiger partial charge in [0.2, 0.25) is 0 Å². The number of hydrogen-bond acceptors (Lipinski definition) is 4. The van der Waals surface area contributed by atoms with Crippen molar-refractivity contribution in [2.45, 2.75) is 11.8 Å². The van der Waals surface area contributed by atoms with Crippen LogP contribution in [0.2, 0.25) is 0 Å². The maximum Gasteiger partial charge on any atom is 0.288 e. The number of hydrogen-bond donors (Lipinski definition) is 0. The molecule has 0 radical (unpaired) electrons. The van der Waals surface area contributed by atoms with Crippen LogP contribution in [0.4, 0.5) is 0 Å². The quantitative estimate of drug-likeness (QED) is 0.482. The predicted octanol–water partition coefficient (Wildman–Crippen LogP) is -0.0244. The van der Waals surface area contributed by atoms with Crippen molar-refractivity contribution in [2.75, 3.05) is 0 Å². The van der Waals surface area contributed by atoms with Gasteiger partial charge in [0.1, 0.15) is 0 Å². The summed E-state index contributed by atoms with van der Waals surface area (Å²) in [5.41, 5.74) is 0.917. The van der Waals surface area contributed by atoms with Gasteiger partial charge in [-0.2, -0.15) is 8.42 Å². The summed E-state index contributed by atoms with van der Waals surface area (Å²) in [6.45, 7) is 1.81. The average molecular weight is 187 g/mol. The lowest BCUT2D eigenvalue weighted by Gasteiger charge is -2.06. The SMILES string of the molecule is Cc1ccc(S(=O)(=O)O[O-])cc1. The molecule has 0 aliphatic heterocycles. The highest BCUT2D eigenvalue weighted by Crippen LogP contribution is 2.10. The second kappa shape index (κ2) is 3.22. The van der Waals surface area contributed by atoms with Crippen LogP contribution >= 0.6 is 0 Å². The molecule has 0 aromatic heterocycles. The molecule has 0 saturated carbocycles. The topological polar surface area (TPSA) is 66.4 Å². The van der Waals surface area contributed by atoms with Gasteiger partial charge in [-0.3, -0.25) is 0 Å². The van der Waals surface area contributed by atoms with E-state index in [0.717, 1.165) is 5.56 Å². The third-order valence-electron chi connectivity index (χ3n) is 1.40. The van der Waals surface area contributed by atoms with E-state index in [4.69, 9.17) is 0 Å². The molecule has 1 rings (SSSR count). The minimum atomic E-state index is -4.07. The Morgan fingerprint density at radius 3 is 2.17 bits per heavy atom. The molecule has 0 N–H and O–H groups in total. The Bertz CT molecular complexity index is 351. The zero-order chi connectivity index (χ0) is 9.19. The van der Waals surface area contributed by atoms with E-state index < -0.39 is 10.1 Å². The second-order valence-electron chi connectivity index (χ2n) is 2.34. The van der Waals surface area contributed by atoms with E-state index in [1.165, 1.54) is 12.1 Å². The minimum absolute atomic E-state index is 0.122. The average Bonchev–Trinajstić information content (AvgIpc) is 2.05. The van der Waals surface area contributed by atoms with Crippen molar-refractivity contribution in [2.24, 2.45) is 0 Å². The zero-order valence-corrected chi connectivity index (χ0v) is 7.17. The van der Waals surface area contributed by atoms with Crippen LogP contribution in [0.15, 0.2) is 29.2 Å². The van der Waals surface area contributed by atoms with Crippen molar-refractivity contribution in [1.82, 2.24) is 0 Å². The van der Waals surface area contributed by atoms with Gasteiger partial charge in [-0.15, -0.1) is 0 Å². The molecule has 1 aromatic carbocycles. The van der Waals surface area contributed by atoms with Gasteiger partial charge in [0.25, 0.3) is 10.1 Å². The van der Waals surface area contributed by atoms with Crippen LogP contribution < -0.4 is 5.26 Å². The fraction of sp³-hybridized carbons (Fsp3) is 0.143. The summed E-state index contributed by atoms with van der Waals surface area (Å²) in [5, 5.41) is 9.75. The van der Waals surface area contributed by atoms with Crippen molar-refractivity contribution in [1.29, 1.82) is 0 Å². The van der Waals surface area contributed by atoms with Crippen LogP contribution in [0.3, 0.4) is 0 Å². The standard InChI is InChI=1S/C7H8O4S/c1-6-2-4-7(5-3-6)12(9,10)11-8/h2-5,8H,1H3/p-1. The van der Waals surface area contributed by atoms with Gasteiger partial charge in [-0.05, 0) is 19.1 Å². The predicted molar refractivity (Wildman–Crippen MR) is 39.4 cm³/mol. The van der Waals surface area contributed by atoms with Gasteiger partial charge >= 0.3 is 0 Å². The maximum atomic E-state index is 10.8. The fourth-order valence-electron chi connectivity index (χ4n) is 0.744. The first kappa shape index (κ1) is 9.18. The molecule has 0 bridgehead atoms. The highest BCUT2D eigenvalue weighted by atomic mass is 32.2. The van der Waals surface area contributed by atoms with Crippen molar-refractivity contribution in [3.05, 3.63) is 29.8 Å². The van der Waals surface area contributed by atoms with E-state index in [1.807, 2.05) is 6.92 Å². The Kier molecular flexibility index (Phi) is 2.46. The van der Waals surface area contributed by atoms with E-state index in [-0.39, 0.29) is 4.90 Å². The number of benzene rings is 1. The molecule has 0 amide bonds. The lowest BCUT2D eigenvalue weighted by atomic mass is 10.2. The van der Waals surface area contributed by atoms with Gasteiger partial charge in [0.05, 0.1) is 4.90 Å². The Labute approximate surface area is 70.5 Å². The molecular formula is C7H7O4S-. The Balaban J connectivity index is 3.14. The summed E-state index contributed by atoms with van der Waals surface area (Å²) in [7, 11) is -4.07. The third-order valence-corrected chi connectivity index (χ3v) is 2.43. The Morgan fingerprint density at radius 2 is 1.75 bits per heavy atom. The third kappa shape index (κ3) is 1.82. The van der Waals surface area contributed by atoms with Crippen molar-refractivity contribution < 1.29 is 18.0 Å². The molecule has 0 unspecified atom stereocenters. The molecular weight excluding hydrogens is 180 g/mol. The van der Waals surface area contributed by atoms with Crippen molar-refractivity contribution in [3.63, 3.8) is 0 Å². The van der Waals surface area contributed by atoms with E-state index in [1.54, 1.807) is 12.1 Å². The molecule has 5 heteroatoms. The molecule has 12 heavy (non-hydrogen) atoms. The van der Waals surface area contributed by atoms with Crippen LogP contribution in [0.1, 0.15) is 5.56 Å². The number of rotatable bonds is 2. The first-order chi connectivity index (χ1) is 5.56. The molecule has 4 nitrogen and oxygen atoms in total. The summed E-state index contributed by atoms with van der Waals surface area (Å²) in [6, 6.07) is 5.82. The smallest absolute Gasteiger partial charge is 0.288 e. The molecule has 0 fully saturated rings. The van der Waals surface area contributed by atoms with Gasteiger partial charge in [0, 0.05) is 0 Å². The molecule has 0 aliphatic carbocycles. The Morgan fingerprint density at radius 1 is 1.25 bits per heavy atom. The molecule has 66 valence electrons. The first-order valence-corrected chi connectivity index (χ1v) is 4.60. The lowest BCUT2D eigenvalue weighted by molar-refractivity contribution is -0.635. The highest BCUT2D eigenvalue weighted by Gasteiger charge is 2.08. The molecule has 0 atom stereocenters. The van der Waals surface area contributed by atoms with E-state index in [2.05, 4.69) is 4.33 Å². The normalized spacial score (nSPS) is 11.5. The summed E-state index contributed by atoms with van der Waals surface area (Å²) < 4.78 is 24.6. The molecule has 0 aliphatic rings. The van der Waals surface area contributed by atoms with Crippen LogP contribution in [0.25, 0.3) is 0 Å². The molecule has 1 aromatic rings. The largest absolute Gasteiger partial charge is 0.707 e. The monoisotopic (exact) mass is 187 g/mol. The van der Waals surface area contributed by atoms with Gasteiger partial charge in [0.15, 0.2) is 0 Å². The summed E-state index contributed by atoms with van der Waals surface area (Å²) in [5.74, 6) is 0. The summed E-state index contributed by atoms with van der Waals surface area (Å²) >= 11 is 0. The maximum absolute atomic E-state index is 10.8. The van der Waals surface area contributed by atoms with Crippen molar-refractivity contribution >= 4 is 10.1 Å². The van der Waals surface area contributed by atoms with Crippen LogP contribution in [-0.4, -0.2) is 8.42 Å². The minimum Gasteiger partial charge on any atom is -0.707 e. The van der Waals surface area contributed by atoms with Crippen LogP contribution in [0, 0.1) is 6.92 Å². The first-order valence-electron chi connectivity index (χ1n) is 3.19. The van der Waals surface area contributed by atoms with Gasteiger partial charge in [-0.1, -0.05) is 17.7 Å². The lowest BCUT2D eigenvalue weighted by Crippen LogP contribution is -2.14.